The lowest BCUT2D eigenvalue weighted by atomic mass is 10.2. The second-order valence-corrected chi connectivity index (χ2v) is 10.1. The number of carbonyl (C=O) groups excluding carboxylic acids is 1. The molecular weight excluding hydrogens is 526 g/mol. The van der Waals surface area contributed by atoms with Gasteiger partial charge in [0.15, 0.2) is 0 Å². The van der Waals surface area contributed by atoms with E-state index in [4.69, 9.17) is 4.74 Å². The standard InChI is InChI=1S/C23H22BrN3O6S/c1-15-4-10-20(13-22(15)27(29)30)34(31,32)26(18-6-8-19(33-3)9-7-18)14-23(28)25-17-5-11-21(24)16(2)12-17/h4-13H,14H2,1-3H3,(H,25,28). The highest BCUT2D eigenvalue weighted by molar-refractivity contribution is 9.10. The lowest BCUT2D eigenvalue weighted by molar-refractivity contribution is -0.385. The second-order valence-electron chi connectivity index (χ2n) is 7.43. The highest BCUT2D eigenvalue weighted by Gasteiger charge is 2.29. The van der Waals surface area contributed by atoms with Crippen molar-refractivity contribution in [3.8, 4) is 5.75 Å². The molecule has 3 rings (SSSR count). The fraction of sp³-hybridized carbons (Fsp3) is 0.174. The molecule has 0 saturated heterocycles. The molecule has 0 aliphatic rings. The Balaban J connectivity index is 2.00. The molecule has 1 amide bonds. The van der Waals surface area contributed by atoms with Crippen molar-refractivity contribution in [3.63, 3.8) is 0 Å². The maximum Gasteiger partial charge on any atom is 0.273 e. The van der Waals surface area contributed by atoms with Crippen molar-refractivity contribution in [2.24, 2.45) is 0 Å². The van der Waals surface area contributed by atoms with Crippen LogP contribution in [0.1, 0.15) is 11.1 Å². The van der Waals surface area contributed by atoms with E-state index in [1.165, 1.54) is 38.3 Å². The Hall–Kier alpha value is -3.44. The van der Waals surface area contributed by atoms with Gasteiger partial charge in [-0.15, -0.1) is 0 Å². The van der Waals surface area contributed by atoms with Crippen LogP contribution in [0, 0.1) is 24.0 Å². The van der Waals surface area contributed by atoms with E-state index in [2.05, 4.69) is 21.2 Å². The van der Waals surface area contributed by atoms with E-state index < -0.39 is 27.4 Å². The third-order valence-electron chi connectivity index (χ3n) is 5.05. The SMILES string of the molecule is COc1ccc(N(CC(=O)Nc2ccc(Br)c(C)c2)S(=O)(=O)c2ccc(C)c([N+](=O)[O-])c2)cc1. The number of rotatable bonds is 8. The average Bonchev–Trinajstić information content (AvgIpc) is 2.80. The Morgan fingerprint density at radius 1 is 1.06 bits per heavy atom. The van der Waals surface area contributed by atoms with Crippen LogP contribution in [-0.2, 0) is 14.8 Å². The average molecular weight is 548 g/mol. The van der Waals surface area contributed by atoms with Gasteiger partial charge in [-0.05, 0) is 67.9 Å². The number of amides is 1. The van der Waals surface area contributed by atoms with Gasteiger partial charge in [0.1, 0.15) is 12.3 Å². The first-order valence-corrected chi connectivity index (χ1v) is 12.2. The molecule has 0 aliphatic heterocycles. The molecule has 3 aromatic rings. The molecule has 0 saturated carbocycles. The van der Waals surface area contributed by atoms with Crippen LogP contribution >= 0.6 is 15.9 Å². The zero-order valence-corrected chi connectivity index (χ0v) is 21.0. The number of aryl methyl sites for hydroxylation is 2. The minimum absolute atomic E-state index is 0.200. The summed E-state index contributed by atoms with van der Waals surface area (Å²) in [5.74, 6) is -0.0791. The molecule has 1 N–H and O–H groups in total. The first-order chi connectivity index (χ1) is 16.0. The van der Waals surface area contributed by atoms with E-state index in [9.17, 15) is 23.3 Å². The van der Waals surface area contributed by atoms with Crippen LogP contribution in [0.4, 0.5) is 17.1 Å². The van der Waals surface area contributed by atoms with E-state index in [0.29, 0.717) is 17.0 Å². The summed E-state index contributed by atoms with van der Waals surface area (Å²) in [5.41, 5.74) is 1.59. The summed E-state index contributed by atoms with van der Waals surface area (Å²) < 4.78 is 34.0. The number of benzene rings is 3. The molecule has 0 atom stereocenters. The molecule has 11 heteroatoms. The highest BCUT2D eigenvalue weighted by atomic mass is 79.9. The topological polar surface area (TPSA) is 119 Å². The summed E-state index contributed by atoms with van der Waals surface area (Å²) in [6.45, 7) is 2.83. The van der Waals surface area contributed by atoms with Gasteiger partial charge in [0, 0.05) is 21.8 Å². The van der Waals surface area contributed by atoms with E-state index in [0.717, 1.165) is 20.4 Å². The van der Waals surface area contributed by atoms with Crippen LogP contribution in [0.5, 0.6) is 5.75 Å². The van der Waals surface area contributed by atoms with E-state index >= 15 is 0 Å². The second kappa shape index (κ2) is 10.2. The van der Waals surface area contributed by atoms with Gasteiger partial charge in [0.2, 0.25) is 5.91 Å². The number of ether oxygens (including phenoxy) is 1. The molecule has 0 unspecified atom stereocenters. The van der Waals surface area contributed by atoms with Crippen LogP contribution in [0.3, 0.4) is 0 Å². The summed E-state index contributed by atoms with van der Waals surface area (Å²) in [5, 5.41) is 14.1. The number of sulfonamides is 1. The van der Waals surface area contributed by atoms with Crippen LogP contribution < -0.4 is 14.4 Å². The first-order valence-electron chi connectivity index (χ1n) is 10.0. The van der Waals surface area contributed by atoms with Gasteiger partial charge in [0.25, 0.3) is 15.7 Å². The molecule has 0 aromatic heterocycles. The van der Waals surface area contributed by atoms with E-state index in [1.807, 2.05) is 6.92 Å². The number of hydrogen-bond acceptors (Lipinski definition) is 6. The van der Waals surface area contributed by atoms with Crippen molar-refractivity contribution < 1.29 is 22.9 Å². The normalized spacial score (nSPS) is 11.1. The van der Waals surface area contributed by atoms with Crippen molar-refractivity contribution >= 4 is 48.9 Å². The molecule has 0 heterocycles. The molecule has 0 aliphatic carbocycles. The zero-order chi connectivity index (χ0) is 25.0. The lowest BCUT2D eigenvalue weighted by Gasteiger charge is -2.24. The molecular formula is C23H22BrN3O6S. The highest BCUT2D eigenvalue weighted by Crippen LogP contribution is 2.29. The third kappa shape index (κ3) is 5.54. The number of nitro benzene ring substituents is 1. The van der Waals surface area contributed by atoms with Gasteiger partial charge in [0.05, 0.1) is 22.6 Å². The molecule has 0 spiro atoms. The number of nitrogens with one attached hydrogen (secondary N) is 1. The predicted octanol–water partition coefficient (Wildman–Crippen LogP) is 4.82. The molecule has 178 valence electrons. The molecule has 3 aromatic carbocycles. The smallest absolute Gasteiger partial charge is 0.273 e. The Kier molecular flexibility index (Phi) is 7.57. The van der Waals surface area contributed by atoms with E-state index in [1.54, 1.807) is 30.3 Å². The van der Waals surface area contributed by atoms with Crippen molar-refractivity contribution in [3.05, 3.63) is 86.4 Å². The minimum atomic E-state index is -4.33. The Morgan fingerprint density at radius 2 is 1.74 bits per heavy atom. The Bertz CT molecular complexity index is 1340. The number of carbonyl (C=O) groups is 1. The van der Waals surface area contributed by atoms with Gasteiger partial charge in [-0.25, -0.2) is 8.42 Å². The molecule has 0 fully saturated rings. The summed E-state index contributed by atoms with van der Waals surface area (Å²) in [6, 6.07) is 15.0. The van der Waals surface area contributed by atoms with Gasteiger partial charge >= 0.3 is 0 Å². The summed E-state index contributed by atoms with van der Waals surface area (Å²) in [4.78, 5) is 23.3. The largest absolute Gasteiger partial charge is 0.497 e. The number of hydrogen-bond donors (Lipinski definition) is 1. The van der Waals surface area contributed by atoms with Crippen LogP contribution in [0.25, 0.3) is 0 Å². The molecule has 0 radical (unpaired) electrons. The van der Waals surface area contributed by atoms with Crippen molar-refractivity contribution in [1.29, 1.82) is 0 Å². The molecule has 9 nitrogen and oxygen atoms in total. The quantitative estimate of drug-likeness (QED) is 0.319. The maximum absolute atomic E-state index is 13.5. The fourth-order valence-corrected chi connectivity index (χ4v) is 4.88. The molecule has 0 bridgehead atoms. The van der Waals surface area contributed by atoms with Gasteiger partial charge in [-0.3, -0.25) is 19.2 Å². The summed E-state index contributed by atoms with van der Waals surface area (Å²) in [6.07, 6.45) is 0. The number of nitro groups is 1. The maximum atomic E-state index is 13.5. The first kappa shape index (κ1) is 25.2. The van der Waals surface area contributed by atoms with Crippen LogP contribution in [0.2, 0.25) is 0 Å². The van der Waals surface area contributed by atoms with Crippen molar-refractivity contribution in [1.82, 2.24) is 0 Å². The number of methoxy groups -OCH3 is 1. The van der Waals surface area contributed by atoms with Crippen molar-refractivity contribution in [2.75, 3.05) is 23.3 Å². The Morgan fingerprint density at radius 3 is 2.32 bits per heavy atom. The number of anilines is 2. The summed E-state index contributed by atoms with van der Waals surface area (Å²) in [7, 11) is -2.85. The van der Waals surface area contributed by atoms with E-state index in [-0.39, 0.29) is 16.3 Å². The fourth-order valence-electron chi connectivity index (χ4n) is 3.19. The van der Waals surface area contributed by atoms with Crippen LogP contribution in [-0.4, -0.2) is 32.9 Å². The van der Waals surface area contributed by atoms with Crippen LogP contribution in [0.15, 0.2) is 70.0 Å². The van der Waals surface area contributed by atoms with Gasteiger partial charge in [-0.1, -0.05) is 22.0 Å². The lowest BCUT2D eigenvalue weighted by Crippen LogP contribution is -2.38. The number of nitrogens with zero attached hydrogens (tertiary/aromatic N) is 2. The van der Waals surface area contributed by atoms with Crippen molar-refractivity contribution in [2.45, 2.75) is 18.7 Å². The predicted molar refractivity (Wildman–Crippen MR) is 133 cm³/mol. The zero-order valence-electron chi connectivity index (χ0n) is 18.6. The molecule has 34 heavy (non-hydrogen) atoms. The summed E-state index contributed by atoms with van der Waals surface area (Å²) >= 11 is 3.39. The van der Waals surface area contributed by atoms with Gasteiger partial charge < -0.3 is 10.1 Å². The monoisotopic (exact) mass is 547 g/mol. The third-order valence-corrected chi connectivity index (χ3v) is 7.71. The number of halogens is 1. The minimum Gasteiger partial charge on any atom is -0.497 e. The van der Waals surface area contributed by atoms with Gasteiger partial charge in [-0.2, -0.15) is 0 Å². The Labute approximate surface area is 205 Å².